The van der Waals surface area contributed by atoms with Crippen LogP contribution >= 0.6 is 0 Å². The van der Waals surface area contributed by atoms with Gasteiger partial charge in [-0.15, -0.1) is 0 Å². The number of aromatic carboxylic acids is 1. The number of carboxylic acid groups (broad SMARTS) is 1. The number of ether oxygens (including phenoxy) is 3. The highest BCUT2D eigenvalue weighted by Gasteiger charge is 2.32. The Kier molecular flexibility index (Phi) is 5.42. The maximum absolute atomic E-state index is 12.5. The van der Waals surface area contributed by atoms with Crippen molar-refractivity contribution >= 4 is 5.97 Å². The van der Waals surface area contributed by atoms with Gasteiger partial charge in [-0.3, -0.25) is 9.47 Å². The van der Waals surface area contributed by atoms with Crippen molar-refractivity contribution in [2.45, 2.75) is 39.3 Å². The molecule has 8 nitrogen and oxygen atoms in total. The molecule has 0 radical (unpaired) electrons. The Labute approximate surface area is 174 Å². The lowest BCUT2D eigenvalue weighted by Gasteiger charge is -2.38. The maximum atomic E-state index is 12.5. The molecule has 2 aliphatic heterocycles. The lowest BCUT2D eigenvalue weighted by Crippen LogP contribution is -2.44. The number of methoxy groups -OCH3 is 1. The van der Waals surface area contributed by atoms with Gasteiger partial charge >= 0.3 is 5.97 Å². The van der Waals surface area contributed by atoms with Crippen LogP contribution in [0.1, 0.15) is 41.8 Å². The van der Waals surface area contributed by atoms with Crippen LogP contribution in [0.25, 0.3) is 11.3 Å². The molecule has 160 valence electrons. The average molecular weight is 414 g/mol. The third-order valence-corrected chi connectivity index (χ3v) is 5.50. The first-order valence-electron chi connectivity index (χ1n) is 10.1. The summed E-state index contributed by atoms with van der Waals surface area (Å²) in [7, 11) is 1.66. The van der Waals surface area contributed by atoms with Crippen LogP contribution in [0.15, 0.2) is 23.1 Å². The van der Waals surface area contributed by atoms with Gasteiger partial charge in [0.25, 0.3) is 0 Å². The minimum atomic E-state index is -1.22. The second kappa shape index (κ2) is 8.02. The number of rotatable bonds is 7. The number of aromatic nitrogens is 1. The molecule has 4 rings (SSSR count). The number of hydrogen-bond donors (Lipinski definition) is 1. The van der Waals surface area contributed by atoms with E-state index in [2.05, 4.69) is 0 Å². The first-order valence-corrected chi connectivity index (χ1v) is 10.1. The third kappa shape index (κ3) is 3.41. The van der Waals surface area contributed by atoms with E-state index in [9.17, 15) is 14.7 Å². The molecule has 0 aliphatic carbocycles. The summed E-state index contributed by atoms with van der Waals surface area (Å²) in [5.41, 5.74) is 2.94. The average Bonchev–Trinajstić information content (AvgIpc) is 3.19. The van der Waals surface area contributed by atoms with Gasteiger partial charge < -0.3 is 24.3 Å². The first-order chi connectivity index (χ1) is 14.4. The highest BCUT2D eigenvalue weighted by Crippen LogP contribution is 2.46. The molecule has 2 aliphatic rings. The minimum Gasteiger partial charge on any atom is -0.490 e. The molecule has 0 atom stereocenters. The smallest absolute Gasteiger partial charge is 0.341 e. The normalized spacial score (nSPS) is 14.2. The topological polar surface area (TPSA) is 90.2 Å². The molecule has 0 saturated carbocycles. The lowest BCUT2D eigenvalue weighted by atomic mass is 9.93. The zero-order valence-corrected chi connectivity index (χ0v) is 17.4. The third-order valence-electron chi connectivity index (χ3n) is 5.50. The highest BCUT2D eigenvalue weighted by molar-refractivity contribution is 5.88. The van der Waals surface area contributed by atoms with Gasteiger partial charge in [0.15, 0.2) is 16.9 Å². The molecule has 0 unspecified atom stereocenters. The Morgan fingerprint density at radius 3 is 2.80 bits per heavy atom. The van der Waals surface area contributed by atoms with E-state index in [0.29, 0.717) is 50.0 Å². The van der Waals surface area contributed by atoms with E-state index in [1.54, 1.807) is 11.8 Å². The van der Waals surface area contributed by atoms with Crippen LogP contribution in [0, 0.1) is 0 Å². The van der Waals surface area contributed by atoms with Gasteiger partial charge in [0.05, 0.1) is 25.5 Å². The molecular formula is C22H26N2O6. The fourth-order valence-corrected chi connectivity index (χ4v) is 4.11. The van der Waals surface area contributed by atoms with E-state index in [0.717, 1.165) is 23.1 Å². The molecule has 8 heteroatoms. The van der Waals surface area contributed by atoms with Gasteiger partial charge in [-0.05, 0) is 25.5 Å². The molecule has 0 saturated heterocycles. The van der Waals surface area contributed by atoms with Crippen molar-refractivity contribution in [3.63, 3.8) is 0 Å². The molecule has 0 spiro atoms. The van der Waals surface area contributed by atoms with E-state index in [4.69, 9.17) is 14.2 Å². The fraction of sp³-hybridized carbons (Fsp3) is 0.455. The summed E-state index contributed by atoms with van der Waals surface area (Å²) in [6, 6.07) is 3.51. The van der Waals surface area contributed by atoms with Gasteiger partial charge in [0.2, 0.25) is 0 Å². The van der Waals surface area contributed by atoms with Crippen LogP contribution in [0.3, 0.4) is 0 Å². The monoisotopic (exact) mass is 414 g/mol. The van der Waals surface area contributed by atoms with Gasteiger partial charge in [-0.1, -0.05) is 0 Å². The molecule has 0 bridgehead atoms. The molecule has 1 aromatic heterocycles. The summed E-state index contributed by atoms with van der Waals surface area (Å²) in [4.78, 5) is 24.0. The predicted octanol–water partition coefficient (Wildman–Crippen LogP) is 2.42. The van der Waals surface area contributed by atoms with Crippen LogP contribution in [0.5, 0.6) is 11.5 Å². The molecule has 1 aromatic carbocycles. The van der Waals surface area contributed by atoms with Crippen molar-refractivity contribution in [3.8, 4) is 22.8 Å². The van der Waals surface area contributed by atoms with Crippen molar-refractivity contribution < 1.29 is 24.1 Å². The van der Waals surface area contributed by atoms with Gasteiger partial charge in [-0.25, -0.2) is 4.79 Å². The second-order valence-electron chi connectivity index (χ2n) is 7.79. The number of benzene rings is 1. The Balaban J connectivity index is 1.86. The maximum Gasteiger partial charge on any atom is 0.341 e. The van der Waals surface area contributed by atoms with Gasteiger partial charge in [0, 0.05) is 56.0 Å². The highest BCUT2D eigenvalue weighted by atomic mass is 16.5. The Morgan fingerprint density at radius 1 is 1.30 bits per heavy atom. The number of pyridine rings is 1. The number of fused-ring (bicyclic) bond motifs is 5. The number of nitrogens with zero attached hydrogens (tertiary/aromatic N) is 2. The molecular weight excluding hydrogens is 388 g/mol. The van der Waals surface area contributed by atoms with Crippen LogP contribution < -0.4 is 19.9 Å². The number of carbonyl (C=O) groups is 1. The zero-order chi connectivity index (χ0) is 21.4. The quantitative estimate of drug-likeness (QED) is 0.696. The van der Waals surface area contributed by atoms with Crippen LogP contribution in [0.2, 0.25) is 0 Å². The van der Waals surface area contributed by atoms with E-state index in [-0.39, 0.29) is 11.6 Å². The summed E-state index contributed by atoms with van der Waals surface area (Å²) in [5.74, 6) is 0.197. The van der Waals surface area contributed by atoms with Crippen molar-refractivity contribution in [1.29, 1.82) is 0 Å². The Morgan fingerprint density at radius 2 is 2.10 bits per heavy atom. The summed E-state index contributed by atoms with van der Waals surface area (Å²) in [6.45, 7) is 6.33. The molecule has 2 aromatic rings. The standard InChI is InChI=1S/C22H26N2O6/c1-13(2)23-11-14-9-19(29-7-4-6-28-3)21-15(5-8-30-21)20(14)17-10-18(25)16(22(26)27)12-24(17)23/h9-10,12-13H,4-8,11H2,1-3H3,(H,26,27). The largest absolute Gasteiger partial charge is 0.490 e. The van der Waals surface area contributed by atoms with Gasteiger partial charge in [-0.2, -0.15) is 0 Å². The number of carboxylic acids is 1. The molecule has 0 amide bonds. The summed E-state index contributed by atoms with van der Waals surface area (Å²) in [6.07, 6.45) is 2.92. The molecule has 3 heterocycles. The van der Waals surface area contributed by atoms with E-state index in [1.165, 1.54) is 12.3 Å². The van der Waals surface area contributed by atoms with Crippen LogP contribution in [-0.4, -0.2) is 48.7 Å². The van der Waals surface area contributed by atoms with Crippen molar-refractivity contribution in [2.24, 2.45) is 0 Å². The summed E-state index contributed by atoms with van der Waals surface area (Å²) < 4.78 is 18.8. The van der Waals surface area contributed by atoms with Crippen LogP contribution in [-0.2, 0) is 17.7 Å². The lowest BCUT2D eigenvalue weighted by molar-refractivity contribution is 0.0694. The molecule has 30 heavy (non-hydrogen) atoms. The van der Waals surface area contributed by atoms with E-state index < -0.39 is 11.4 Å². The van der Waals surface area contributed by atoms with Gasteiger partial charge in [0.1, 0.15) is 5.56 Å². The van der Waals surface area contributed by atoms with Crippen molar-refractivity contribution in [2.75, 3.05) is 31.9 Å². The van der Waals surface area contributed by atoms with Crippen molar-refractivity contribution in [3.05, 3.63) is 45.2 Å². The van der Waals surface area contributed by atoms with Crippen molar-refractivity contribution in [1.82, 2.24) is 4.68 Å². The number of hydrogen-bond acceptors (Lipinski definition) is 6. The Bertz CT molecular complexity index is 1040. The fourth-order valence-electron chi connectivity index (χ4n) is 4.11. The van der Waals surface area contributed by atoms with E-state index >= 15 is 0 Å². The molecule has 0 fully saturated rings. The predicted molar refractivity (Wildman–Crippen MR) is 111 cm³/mol. The summed E-state index contributed by atoms with van der Waals surface area (Å²) >= 11 is 0. The van der Waals surface area contributed by atoms with E-state index in [1.807, 2.05) is 24.9 Å². The SMILES string of the molecule is COCCCOc1cc2c(c3c1OCC3)-c1cc(=O)c(C(=O)O)cn1N(C(C)C)C2. The second-order valence-corrected chi connectivity index (χ2v) is 7.79. The summed E-state index contributed by atoms with van der Waals surface area (Å²) in [5, 5.41) is 11.5. The Hall–Kier alpha value is -3.00. The minimum absolute atomic E-state index is 0.0941. The van der Waals surface area contributed by atoms with Crippen LogP contribution in [0.4, 0.5) is 0 Å². The first kappa shape index (κ1) is 20.3. The zero-order valence-electron chi connectivity index (χ0n) is 17.4. The molecule has 1 N–H and O–H groups in total.